The minimum atomic E-state index is -1.19. The van der Waals surface area contributed by atoms with Gasteiger partial charge in [0.15, 0.2) is 23.2 Å². The fraction of sp³-hybridized carbons (Fsp3) is 0.643. The molecule has 0 spiro atoms. The van der Waals surface area contributed by atoms with Gasteiger partial charge < -0.3 is 30.1 Å². The van der Waals surface area contributed by atoms with Gasteiger partial charge in [0.2, 0.25) is 0 Å². The van der Waals surface area contributed by atoms with Crippen LogP contribution in [0.15, 0.2) is 12.7 Å². The lowest BCUT2D eigenvalue weighted by molar-refractivity contribution is -0.0511. The van der Waals surface area contributed by atoms with Gasteiger partial charge in [-0.25, -0.2) is 15.0 Å². The molecule has 5 atom stereocenters. The molecule has 0 radical (unpaired) electrons. The second-order valence-corrected chi connectivity index (χ2v) is 5.98. The summed E-state index contributed by atoms with van der Waals surface area (Å²) in [7, 11) is 0. The topological polar surface area (TPSA) is 135 Å². The lowest BCUT2D eigenvalue weighted by atomic mass is 10.1. The molecule has 2 fully saturated rings. The number of rotatable bonds is 4. The quantitative estimate of drug-likeness (QED) is 0.533. The monoisotopic (exact) mass is 337 g/mol. The largest absolute Gasteiger partial charge is 0.394 e. The van der Waals surface area contributed by atoms with Gasteiger partial charge in [0, 0.05) is 6.61 Å². The minimum absolute atomic E-state index is 0.169. The number of aromatic nitrogens is 4. The molecule has 10 nitrogen and oxygen atoms in total. The molecule has 0 saturated carbocycles. The first-order valence-electron chi connectivity index (χ1n) is 7.83. The van der Waals surface area contributed by atoms with Crippen LogP contribution in [-0.2, 0) is 9.47 Å². The third-order valence-corrected chi connectivity index (χ3v) is 4.42. The number of aliphatic hydroxyl groups excluding tert-OH is 3. The molecule has 0 bridgehead atoms. The van der Waals surface area contributed by atoms with E-state index in [0.717, 1.165) is 6.42 Å². The zero-order valence-corrected chi connectivity index (χ0v) is 12.8. The van der Waals surface area contributed by atoms with E-state index in [-0.39, 0.29) is 12.6 Å². The Labute approximate surface area is 137 Å². The van der Waals surface area contributed by atoms with Gasteiger partial charge >= 0.3 is 0 Å². The Bertz CT molecular complexity index is 719. The smallest absolute Gasteiger partial charge is 0.167 e. The zero-order chi connectivity index (χ0) is 16.7. The van der Waals surface area contributed by atoms with Gasteiger partial charge in [-0.3, -0.25) is 4.57 Å². The van der Waals surface area contributed by atoms with Crippen molar-refractivity contribution < 1.29 is 24.8 Å². The molecule has 10 heteroatoms. The summed E-state index contributed by atoms with van der Waals surface area (Å²) >= 11 is 0. The minimum Gasteiger partial charge on any atom is -0.394 e. The Kier molecular flexibility index (Phi) is 4.06. The van der Waals surface area contributed by atoms with Crippen LogP contribution in [0.1, 0.15) is 12.6 Å². The third-order valence-electron chi connectivity index (χ3n) is 4.42. The molecule has 4 heterocycles. The SMILES string of the molecule is OC[C@H]1O[C@@H](n2cnc3c(NC4CCOC4)ncnc32)C(O)C1O. The average molecular weight is 337 g/mol. The summed E-state index contributed by atoms with van der Waals surface area (Å²) in [5.41, 5.74) is 1.02. The molecule has 2 saturated heterocycles. The van der Waals surface area contributed by atoms with Crippen molar-refractivity contribution in [2.75, 3.05) is 25.1 Å². The Balaban J connectivity index is 1.65. The van der Waals surface area contributed by atoms with Crippen LogP contribution < -0.4 is 5.32 Å². The van der Waals surface area contributed by atoms with Gasteiger partial charge in [-0.05, 0) is 6.42 Å². The van der Waals surface area contributed by atoms with Crippen LogP contribution in [0, 0.1) is 0 Å². The van der Waals surface area contributed by atoms with E-state index in [9.17, 15) is 15.3 Å². The second kappa shape index (κ2) is 6.22. The van der Waals surface area contributed by atoms with Gasteiger partial charge in [-0.15, -0.1) is 0 Å². The second-order valence-electron chi connectivity index (χ2n) is 5.98. The summed E-state index contributed by atoms with van der Waals surface area (Å²) in [6, 6.07) is 0.169. The summed E-state index contributed by atoms with van der Waals surface area (Å²) in [6.07, 6.45) is -0.310. The van der Waals surface area contributed by atoms with Crippen molar-refractivity contribution in [2.24, 2.45) is 0 Å². The number of aliphatic hydroxyl groups is 3. The first kappa shape index (κ1) is 15.7. The highest BCUT2D eigenvalue weighted by Crippen LogP contribution is 2.32. The molecule has 3 unspecified atom stereocenters. The normalized spacial score (nSPS) is 33.4. The van der Waals surface area contributed by atoms with Gasteiger partial charge in [0.1, 0.15) is 24.6 Å². The zero-order valence-electron chi connectivity index (χ0n) is 12.8. The Morgan fingerprint density at radius 3 is 2.83 bits per heavy atom. The van der Waals surface area contributed by atoms with E-state index in [1.165, 1.54) is 17.2 Å². The van der Waals surface area contributed by atoms with E-state index < -0.39 is 24.5 Å². The van der Waals surface area contributed by atoms with E-state index in [0.29, 0.717) is 30.2 Å². The van der Waals surface area contributed by atoms with E-state index >= 15 is 0 Å². The maximum Gasteiger partial charge on any atom is 0.167 e. The molecule has 0 amide bonds. The summed E-state index contributed by atoms with van der Waals surface area (Å²) in [5, 5.41) is 32.6. The molecule has 24 heavy (non-hydrogen) atoms. The van der Waals surface area contributed by atoms with Crippen molar-refractivity contribution in [1.82, 2.24) is 19.5 Å². The van der Waals surface area contributed by atoms with Crippen LogP contribution in [0.2, 0.25) is 0 Å². The molecular weight excluding hydrogens is 318 g/mol. The molecule has 2 aromatic rings. The molecule has 2 aliphatic rings. The molecule has 130 valence electrons. The van der Waals surface area contributed by atoms with Crippen LogP contribution in [0.4, 0.5) is 5.82 Å². The van der Waals surface area contributed by atoms with Gasteiger partial charge in [-0.1, -0.05) is 0 Å². The van der Waals surface area contributed by atoms with Gasteiger partial charge in [0.05, 0.1) is 25.6 Å². The lowest BCUT2D eigenvalue weighted by Crippen LogP contribution is -2.33. The first-order valence-corrected chi connectivity index (χ1v) is 7.83. The standard InChI is InChI=1S/C14H19N5O5/c20-3-8-10(21)11(22)14(24-8)19-6-17-9-12(15-5-16-13(9)19)18-7-1-2-23-4-7/h5-8,10-11,14,20-22H,1-4H2,(H,15,16,18)/t7?,8-,10?,11?,14-/m1/s1. The summed E-state index contributed by atoms with van der Waals surface area (Å²) in [6.45, 7) is 0.939. The molecule has 0 aromatic carbocycles. The first-order chi connectivity index (χ1) is 11.7. The lowest BCUT2D eigenvalue weighted by Gasteiger charge is -2.16. The molecule has 2 aliphatic heterocycles. The van der Waals surface area contributed by atoms with Crippen LogP contribution >= 0.6 is 0 Å². The average Bonchev–Trinajstić information content (AvgIpc) is 3.30. The van der Waals surface area contributed by atoms with Crippen molar-refractivity contribution in [3.8, 4) is 0 Å². The highest BCUT2D eigenvalue weighted by molar-refractivity contribution is 5.82. The van der Waals surface area contributed by atoms with Crippen molar-refractivity contribution in [3.05, 3.63) is 12.7 Å². The number of hydrogen-bond donors (Lipinski definition) is 4. The van der Waals surface area contributed by atoms with Crippen molar-refractivity contribution in [1.29, 1.82) is 0 Å². The summed E-state index contributed by atoms with van der Waals surface area (Å²) in [4.78, 5) is 12.8. The maximum absolute atomic E-state index is 10.2. The number of ether oxygens (including phenoxy) is 2. The van der Waals surface area contributed by atoms with E-state index in [1.807, 2.05) is 0 Å². The maximum atomic E-state index is 10.2. The third kappa shape index (κ3) is 2.52. The van der Waals surface area contributed by atoms with Crippen molar-refractivity contribution in [3.63, 3.8) is 0 Å². The van der Waals surface area contributed by atoms with Crippen LogP contribution in [-0.4, -0.2) is 79.0 Å². The van der Waals surface area contributed by atoms with Crippen molar-refractivity contribution >= 4 is 17.0 Å². The van der Waals surface area contributed by atoms with E-state index in [2.05, 4.69) is 20.3 Å². The number of fused-ring (bicyclic) bond motifs is 1. The number of nitrogens with one attached hydrogen (secondary N) is 1. The Morgan fingerprint density at radius 1 is 1.25 bits per heavy atom. The molecule has 2 aromatic heterocycles. The molecule has 4 N–H and O–H groups in total. The van der Waals surface area contributed by atoms with Crippen LogP contribution in [0.25, 0.3) is 11.2 Å². The van der Waals surface area contributed by atoms with Crippen LogP contribution in [0.3, 0.4) is 0 Å². The summed E-state index contributed by atoms with van der Waals surface area (Å²) < 4.78 is 12.4. The predicted octanol–water partition coefficient (Wildman–Crippen LogP) is -1.36. The molecular formula is C14H19N5O5. The van der Waals surface area contributed by atoms with E-state index in [4.69, 9.17) is 9.47 Å². The summed E-state index contributed by atoms with van der Waals surface area (Å²) in [5.74, 6) is 0.584. The fourth-order valence-electron chi connectivity index (χ4n) is 3.10. The predicted molar refractivity (Wildman–Crippen MR) is 81.2 cm³/mol. The van der Waals surface area contributed by atoms with Gasteiger partial charge in [0.25, 0.3) is 0 Å². The Morgan fingerprint density at radius 2 is 2.12 bits per heavy atom. The fourth-order valence-corrected chi connectivity index (χ4v) is 3.10. The number of nitrogens with zero attached hydrogens (tertiary/aromatic N) is 4. The number of hydrogen-bond acceptors (Lipinski definition) is 9. The highest BCUT2D eigenvalue weighted by atomic mass is 16.6. The number of anilines is 1. The van der Waals surface area contributed by atoms with Gasteiger partial charge in [-0.2, -0.15) is 0 Å². The molecule has 4 rings (SSSR count). The number of imidazole rings is 1. The highest BCUT2D eigenvalue weighted by Gasteiger charge is 2.44. The van der Waals surface area contributed by atoms with Crippen molar-refractivity contribution in [2.45, 2.75) is 37.0 Å². The van der Waals surface area contributed by atoms with E-state index in [1.54, 1.807) is 0 Å². The Hall–Kier alpha value is -1.85. The molecule has 0 aliphatic carbocycles. The van der Waals surface area contributed by atoms with Crippen LogP contribution in [0.5, 0.6) is 0 Å².